The topological polar surface area (TPSA) is 85.6 Å². The van der Waals surface area contributed by atoms with Crippen LogP contribution in [-0.2, 0) is 11.3 Å². The average Bonchev–Trinajstić information content (AvgIpc) is 3.17. The molecule has 1 N–H and O–H groups in total. The van der Waals surface area contributed by atoms with Gasteiger partial charge in [0.1, 0.15) is 0 Å². The van der Waals surface area contributed by atoms with Crippen molar-refractivity contribution >= 4 is 35.0 Å². The average molecular weight is 437 g/mol. The van der Waals surface area contributed by atoms with Crippen LogP contribution in [0.15, 0.2) is 78.3 Å². The van der Waals surface area contributed by atoms with Crippen molar-refractivity contribution in [2.24, 2.45) is 0 Å². The van der Waals surface area contributed by atoms with Crippen LogP contribution in [0, 0.1) is 0 Å². The lowest BCUT2D eigenvalue weighted by Crippen LogP contribution is -2.15. The number of hydrogen-bond donors (Lipinski definition) is 1. The van der Waals surface area contributed by atoms with Gasteiger partial charge in [-0.15, -0.1) is 10.2 Å². The van der Waals surface area contributed by atoms with E-state index in [2.05, 4.69) is 25.5 Å². The Morgan fingerprint density at radius 2 is 1.87 bits per heavy atom. The molecule has 150 valence electrons. The minimum absolute atomic E-state index is 0.158. The fourth-order valence-electron chi connectivity index (χ4n) is 2.81. The molecule has 0 spiro atoms. The summed E-state index contributed by atoms with van der Waals surface area (Å²) in [5.41, 5.74) is 2.45. The van der Waals surface area contributed by atoms with Crippen molar-refractivity contribution in [1.29, 1.82) is 0 Å². The third-order valence-corrected chi connectivity index (χ3v) is 5.45. The van der Waals surface area contributed by atoms with E-state index in [0.717, 1.165) is 11.1 Å². The second kappa shape index (κ2) is 9.51. The predicted octanol–water partition coefficient (Wildman–Crippen LogP) is 4.17. The Balaban J connectivity index is 1.54. The van der Waals surface area contributed by atoms with Gasteiger partial charge in [0, 0.05) is 24.2 Å². The van der Waals surface area contributed by atoms with Gasteiger partial charge in [-0.25, -0.2) is 4.98 Å². The molecule has 0 aliphatic heterocycles. The molecular weight excluding hydrogens is 420 g/mol. The summed E-state index contributed by atoms with van der Waals surface area (Å²) in [7, 11) is 0. The number of carbonyl (C=O) groups excluding carboxylic acids is 1. The van der Waals surface area contributed by atoms with Gasteiger partial charge in [-0.3, -0.25) is 14.3 Å². The van der Waals surface area contributed by atoms with Crippen LogP contribution < -0.4 is 5.32 Å². The van der Waals surface area contributed by atoms with Crippen LogP contribution >= 0.6 is 23.4 Å². The molecule has 4 rings (SSSR count). The largest absolute Gasteiger partial charge is 0.323 e. The van der Waals surface area contributed by atoms with Gasteiger partial charge in [0.05, 0.1) is 18.0 Å². The molecule has 0 fully saturated rings. The second-order valence-corrected chi connectivity index (χ2v) is 7.60. The van der Waals surface area contributed by atoms with Gasteiger partial charge in [0.15, 0.2) is 16.1 Å². The monoisotopic (exact) mass is 436 g/mol. The van der Waals surface area contributed by atoms with E-state index in [0.29, 0.717) is 23.2 Å². The molecule has 0 radical (unpaired) electrons. The van der Waals surface area contributed by atoms with Crippen molar-refractivity contribution < 1.29 is 4.79 Å². The molecule has 1 amide bonds. The molecule has 30 heavy (non-hydrogen) atoms. The summed E-state index contributed by atoms with van der Waals surface area (Å²) in [5.74, 6) is 0.655. The van der Waals surface area contributed by atoms with Gasteiger partial charge < -0.3 is 5.32 Å². The highest BCUT2D eigenvalue weighted by Crippen LogP contribution is 2.25. The van der Waals surface area contributed by atoms with E-state index in [1.165, 1.54) is 11.8 Å². The third kappa shape index (κ3) is 4.84. The normalized spacial score (nSPS) is 10.7. The molecular formula is C21H17ClN6OS. The lowest BCUT2D eigenvalue weighted by atomic mass is 10.2. The molecule has 0 bridgehead atoms. The highest BCUT2D eigenvalue weighted by molar-refractivity contribution is 7.99. The molecule has 4 aromatic rings. The molecule has 7 nitrogen and oxygen atoms in total. The van der Waals surface area contributed by atoms with Crippen LogP contribution in [0.5, 0.6) is 0 Å². The third-order valence-electron chi connectivity index (χ3n) is 4.19. The fourth-order valence-corrected chi connectivity index (χ4v) is 3.71. The zero-order chi connectivity index (χ0) is 20.8. The highest BCUT2D eigenvalue weighted by atomic mass is 35.5. The number of hydrogen-bond acceptors (Lipinski definition) is 6. The molecule has 0 aliphatic carbocycles. The Labute approximate surface area is 182 Å². The molecule has 0 saturated carbocycles. The minimum atomic E-state index is -0.202. The molecule has 3 aromatic heterocycles. The Bertz CT molecular complexity index is 1140. The smallest absolute Gasteiger partial charge is 0.234 e. The van der Waals surface area contributed by atoms with Gasteiger partial charge >= 0.3 is 0 Å². The lowest BCUT2D eigenvalue weighted by Gasteiger charge is -2.10. The van der Waals surface area contributed by atoms with Crippen molar-refractivity contribution in [3.63, 3.8) is 0 Å². The predicted molar refractivity (Wildman–Crippen MR) is 117 cm³/mol. The summed E-state index contributed by atoms with van der Waals surface area (Å²) in [6.45, 7) is 0.580. The van der Waals surface area contributed by atoms with Crippen molar-refractivity contribution in [2.45, 2.75) is 11.7 Å². The first kappa shape index (κ1) is 20.1. The maximum Gasteiger partial charge on any atom is 0.234 e. The molecule has 0 unspecified atom stereocenters. The van der Waals surface area contributed by atoms with Gasteiger partial charge in [-0.1, -0.05) is 53.7 Å². The molecule has 0 saturated heterocycles. The summed E-state index contributed by atoms with van der Waals surface area (Å²) in [4.78, 5) is 20.5. The molecule has 0 aliphatic rings. The molecule has 0 atom stereocenters. The van der Waals surface area contributed by atoms with Crippen LogP contribution in [0.1, 0.15) is 5.56 Å². The lowest BCUT2D eigenvalue weighted by molar-refractivity contribution is -0.113. The number of nitrogens with zero attached hydrogens (tertiary/aromatic N) is 5. The van der Waals surface area contributed by atoms with E-state index in [9.17, 15) is 4.79 Å². The maximum absolute atomic E-state index is 12.4. The first-order valence-corrected chi connectivity index (χ1v) is 10.5. The Morgan fingerprint density at radius 1 is 1.03 bits per heavy atom. The molecule has 9 heteroatoms. The summed E-state index contributed by atoms with van der Waals surface area (Å²) >= 11 is 7.32. The van der Waals surface area contributed by atoms with Crippen molar-refractivity contribution in [1.82, 2.24) is 24.7 Å². The van der Waals surface area contributed by atoms with Gasteiger partial charge in [0.25, 0.3) is 0 Å². The van der Waals surface area contributed by atoms with Crippen molar-refractivity contribution in [3.8, 4) is 11.4 Å². The van der Waals surface area contributed by atoms with E-state index < -0.39 is 0 Å². The van der Waals surface area contributed by atoms with Crippen molar-refractivity contribution in [2.75, 3.05) is 11.1 Å². The quantitative estimate of drug-likeness (QED) is 0.345. The fraction of sp³-hybridized carbons (Fsp3) is 0.0952. The highest BCUT2D eigenvalue weighted by Gasteiger charge is 2.16. The number of anilines is 1. The van der Waals surface area contributed by atoms with Crippen LogP contribution in [0.2, 0.25) is 5.15 Å². The SMILES string of the molecule is O=C(CSc1nnc(-c2cccnc2)n1Cc1ccccc1)Nc1cccnc1Cl. The van der Waals surface area contributed by atoms with E-state index in [-0.39, 0.29) is 16.8 Å². The van der Waals surface area contributed by atoms with Crippen LogP contribution in [0.4, 0.5) is 5.69 Å². The summed E-state index contributed by atoms with van der Waals surface area (Å²) in [6.07, 6.45) is 5.03. The van der Waals surface area contributed by atoms with E-state index in [4.69, 9.17) is 11.6 Å². The van der Waals surface area contributed by atoms with E-state index >= 15 is 0 Å². The summed E-state index contributed by atoms with van der Waals surface area (Å²) in [5, 5.41) is 12.3. The number of pyridine rings is 2. The van der Waals surface area contributed by atoms with Crippen molar-refractivity contribution in [3.05, 3.63) is 83.9 Å². The zero-order valence-corrected chi connectivity index (χ0v) is 17.3. The Hall–Kier alpha value is -3.23. The number of amides is 1. The number of benzene rings is 1. The second-order valence-electron chi connectivity index (χ2n) is 6.30. The molecule has 1 aromatic carbocycles. The van der Waals surface area contributed by atoms with Gasteiger partial charge in [-0.2, -0.15) is 0 Å². The summed E-state index contributed by atoms with van der Waals surface area (Å²) < 4.78 is 1.99. The number of nitrogens with one attached hydrogen (secondary N) is 1. The standard InChI is InChI=1S/C21H17ClN6OS/c22-19-17(9-5-11-24-19)25-18(29)14-30-21-27-26-20(16-8-4-10-23-12-16)28(21)13-15-6-2-1-3-7-15/h1-12H,13-14H2,(H,25,29). The van der Waals surface area contributed by atoms with E-state index in [1.54, 1.807) is 30.7 Å². The molecule has 3 heterocycles. The maximum atomic E-state index is 12.4. The minimum Gasteiger partial charge on any atom is -0.323 e. The first-order valence-electron chi connectivity index (χ1n) is 9.11. The van der Waals surface area contributed by atoms with E-state index in [1.807, 2.05) is 47.0 Å². The zero-order valence-electron chi connectivity index (χ0n) is 15.8. The van der Waals surface area contributed by atoms with Gasteiger partial charge in [0.2, 0.25) is 5.91 Å². The first-order chi connectivity index (χ1) is 14.7. The number of carbonyl (C=O) groups is 1. The number of thioether (sulfide) groups is 1. The van der Waals surface area contributed by atoms with Crippen LogP contribution in [0.3, 0.4) is 0 Å². The Morgan fingerprint density at radius 3 is 2.63 bits per heavy atom. The summed E-state index contributed by atoms with van der Waals surface area (Å²) in [6, 6.07) is 17.2. The number of aromatic nitrogens is 5. The number of rotatable bonds is 7. The Kier molecular flexibility index (Phi) is 6.36. The van der Waals surface area contributed by atoms with Crippen LogP contribution in [0.25, 0.3) is 11.4 Å². The van der Waals surface area contributed by atoms with Crippen LogP contribution in [-0.4, -0.2) is 36.4 Å². The van der Waals surface area contributed by atoms with Gasteiger partial charge in [-0.05, 0) is 29.8 Å². The number of halogens is 1.